The summed E-state index contributed by atoms with van der Waals surface area (Å²) in [6.45, 7) is -0.307. The number of thioether (sulfide) groups is 2. The van der Waals surface area contributed by atoms with E-state index in [-0.39, 0.29) is 29.3 Å². The lowest BCUT2D eigenvalue weighted by atomic mass is 9.53. The second-order valence-electron chi connectivity index (χ2n) is 12.6. The molecule has 2 atom stereocenters. The van der Waals surface area contributed by atoms with Crippen LogP contribution >= 0.6 is 23.5 Å². The summed E-state index contributed by atoms with van der Waals surface area (Å²) >= 11 is 2.76. The van der Waals surface area contributed by atoms with Gasteiger partial charge in [0.05, 0.1) is 9.49 Å². The monoisotopic (exact) mass is 674 g/mol. The molecule has 5 aliphatic rings. The van der Waals surface area contributed by atoms with Crippen molar-refractivity contribution in [2.24, 2.45) is 23.2 Å². The van der Waals surface area contributed by atoms with E-state index in [1.54, 1.807) is 0 Å². The van der Waals surface area contributed by atoms with Crippen LogP contribution in [0.25, 0.3) is 0 Å². The second kappa shape index (κ2) is 11.4. The van der Waals surface area contributed by atoms with E-state index in [2.05, 4.69) is 0 Å². The highest BCUT2D eigenvalue weighted by atomic mass is 32.2. The molecule has 0 aromatic heterocycles. The van der Waals surface area contributed by atoms with Crippen LogP contribution in [0.15, 0.2) is 0 Å². The average molecular weight is 675 g/mol. The lowest BCUT2D eigenvalue weighted by Gasteiger charge is -2.65. The molecular formula is C26H31F9O6S2. The van der Waals surface area contributed by atoms with E-state index in [1.807, 2.05) is 0 Å². The van der Waals surface area contributed by atoms with Crippen LogP contribution in [-0.4, -0.2) is 76.3 Å². The van der Waals surface area contributed by atoms with Crippen LogP contribution in [0.4, 0.5) is 39.5 Å². The van der Waals surface area contributed by atoms with E-state index < -0.39 is 83.0 Å². The van der Waals surface area contributed by atoms with Gasteiger partial charge in [0.25, 0.3) is 5.92 Å². The highest BCUT2D eigenvalue weighted by Crippen LogP contribution is 2.70. The van der Waals surface area contributed by atoms with Gasteiger partial charge in [-0.2, -0.15) is 30.7 Å². The molecule has 2 unspecified atom stereocenters. The predicted molar refractivity (Wildman–Crippen MR) is 136 cm³/mol. The van der Waals surface area contributed by atoms with Crippen molar-refractivity contribution < 1.29 is 68.1 Å². The minimum Gasteiger partial charge on any atom is -0.465 e. The normalized spacial score (nSPS) is 34.3. The second-order valence-corrected chi connectivity index (χ2v) is 15.3. The summed E-state index contributed by atoms with van der Waals surface area (Å²) in [6, 6.07) is 0. The highest BCUT2D eigenvalue weighted by Gasteiger charge is 2.66. The van der Waals surface area contributed by atoms with Crippen LogP contribution in [0.5, 0.6) is 0 Å². The maximum absolute atomic E-state index is 13.6. The van der Waals surface area contributed by atoms with E-state index in [9.17, 15) is 53.9 Å². The van der Waals surface area contributed by atoms with Crippen molar-refractivity contribution in [3.8, 4) is 0 Å². The average Bonchev–Trinajstić information content (AvgIpc) is 2.83. The van der Waals surface area contributed by atoms with Gasteiger partial charge < -0.3 is 14.2 Å². The molecule has 6 nitrogen and oxygen atoms in total. The minimum absolute atomic E-state index is 0.0657. The van der Waals surface area contributed by atoms with E-state index in [4.69, 9.17) is 14.2 Å². The van der Waals surface area contributed by atoms with Crippen molar-refractivity contribution in [3.05, 3.63) is 0 Å². The zero-order chi connectivity index (χ0) is 32.3. The maximum atomic E-state index is 13.6. The van der Waals surface area contributed by atoms with Gasteiger partial charge in [0.2, 0.25) is 0 Å². The molecule has 1 spiro atoms. The molecular weight excluding hydrogens is 643 g/mol. The first-order chi connectivity index (χ1) is 19.5. The SMILES string of the molecule is CC(F)(F)CC(=O)OCC1(COC(=O)CC(F)(F)C(F)(F)F)CSC2(SC1)C1CC3CC2CC(OC(=O)C(C)(F)F)(C3)C1. The van der Waals surface area contributed by atoms with E-state index in [0.29, 0.717) is 33.1 Å². The summed E-state index contributed by atoms with van der Waals surface area (Å²) in [4.78, 5) is 36.1. The summed E-state index contributed by atoms with van der Waals surface area (Å²) in [7, 11) is 0. The fourth-order valence-corrected chi connectivity index (χ4v) is 10.7. The first-order valence-corrected chi connectivity index (χ1v) is 15.5. The Hall–Kier alpha value is -1.52. The molecule has 246 valence electrons. The molecule has 43 heavy (non-hydrogen) atoms. The molecule has 1 saturated heterocycles. The van der Waals surface area contributed by atoms with Crippen LogP contribution in [0, 0.1) is 23.2 Å². The smallest absolute Gasteiger partial charge is 0.453 e. The standard InChI is InChI=1S/C26H31F9O6S2/c1-20(27,28)8-17(36)39-10-22(11-40-18(37)9-24(31,32)26(33,34)35)12-42-25(43-13-22)15-3-14-4-16(25)7-23(5-14,6-15)41-19(38)21(2,29)30/h14-16H,3-13H2,1-2H3. The van der Waals surface area contributed by atoms with Gasteiger partial charge in [-0.25, -0.2) is 13.6 Å². The van der Waals surface area contributed by atoms with Gasteiger partial charge in [-0.3, -0.25) is 9.59 Å². The third kappa shape index (κ3) is 7.49. The summed E-state index contributed by atoms with van der Waals surface area (Å²) in [5.41, 5.74) is -2.33. The summed E-state index contributed by atoms with van der Waals surface area (Å²) in [6.07, 6.45) is -6.91. The van der Waals surface area contributed by atoms with Gasteiger partial charge in [-0.05, 0) is 56.8 Å². The van der Waals surface area contributed by atoms with E-state index in [1.165, 1.54) is 23.5 Å². The number of hydrogen-bond donors (Lipinski definition) is 0. The third-order valence-electron chi connectivity index (χ3n) is 8.46. The van der Waals surface area contributed by atoms with Crippen molar-refractivity contribution in [2.45, 2.75) is 92.4 Å². The number of hydrogen-bond acceptors (Lipinski definition) is 8. The first kappa shape index (κ1) is 34.4. The number of halogens is 9. The van der Waals surface area contributed by atoms with Crippen LogP contribution in [0.1, 0.15) is 58.8 Å². The van der Waals surface area contributed by atoms with E-state index >= 15 is 0 Å². The predicted octanol–water partition coefficient (Wildman–Crippen LogP) is 6.65. The Labute approximate surface area is 249 Å². The van der Waals surface area contributed by atoms with Gasteiger partial charge in [-0.1, -0.05) is 0 Å². The summed E-state index contributed by atoms with van der Waals surface area (Å²) < 4.78 is 133. The zero-order valence-electron chi connectivity index (χ0n) is 23.2. The molecule has 1 aliphatic heterocycles. The highest BCUT2D eigenvalue weighted by molar-refractivity contribution is 8.18. The van der Waals surface area contributed by atoms with Crippen molar-refractivity contribution in [3.63, 3.8) is 0 Å². The molecule has 4 aliphatic carbocycles. The van der Waals surface area contributed by atoms with Gasteiger partial charge in [0.1, 0.15) is 31.7 Å². The van der Waals surface area contributed by atoms with Crippen molar-refractivity contribution in [2.75, 3.05) is 24.7 Å². The number of carbonyl (C=O) groups is 3. The Balaban J connectivity index is 1.47. The molecule has 5 fully saturated rings. The Morgan fingerprint density at radius 1 is 0.767 bits per heavy atom. The van der Waals surface area contributed by atoms with Gasteiger partial charge in [-0.15, -0.1) is 23.5 Å². The Bertz CT molecular complexity index is 1080. The number of rotatable bonds is 10. The third-order valence-corrected chi connectivity index (χ3v) is 12.9. The number of esters is 3. The molecule has 4 saturated carbocycles. The van der Waals surface area contributed by atoms with Crippen molar-refractivity contribution in [1.29, 1.82) is 0 Å². The minimum atomic E-state index is -5.98. The van der Waals surface area contributed by atoms with Crippen molar-refractivity contribution in [1.82, 2.24) is 0 Å². The number of carbonyl (C=O) groups excluding carboxylic acids is 3. The maximum Gasteiger partial charge on any atom is 0.453 e. The zero-order valence-corrected chi connectivity index (χ0v) is 24.8. The quantitative estimate of drug-likeness (QED) is 0.145. The molecule has 5 rings (SSSR count). The van der Waals surface area contributed by atoms with Crippen molar-refractivity contribution >= 4 is 41.4 Å². The Morgan fingerprint density at radius 2 is 1.26 bits per heavy atom. The molecule has 0 aromatic rings. The molecule has 1 heterocycles. The molecule has 0 aromatic carbocycles. The summed E-state index contributed by atoms with van der Waals surface area (Å²) in [5.74, 6) is -17.0. The number of alkyl halides is 9. The first-order valence-electron chi connectivity index (χ1n) is 13.5. The van der Waals surface area contributed by atoms with E-state index in [0.717, 1.165) is 12.8 Å². The molecule has 0 radical (unpaired) electrons. The lowest BCUT2D eigenvalue weighted by molar-refractivity contribution is -0.284. The van der Waals surface area contributed by atoms with Crippen LogP contribution in [-0.2, 0) is 28.6 Å². The largest absolute Gasteiger partial charge is 0.465 e. The Morgan fingerprint density at radius 3 is 1.70 bits per heavy atom. The van der Waals surface area contributed by atoms with Crippen LogP contribution < -0.4 is 0 Å². The molecule has 0 N–H and O–H groups in total. The van der Waals surface area contributed by atoms with Crippen LogP contribution in [0.3, 0.4) is 0 Å². The van der Waals surface area contributed by atoms with Gasteiger partial charge in [0, 0.05) is 18.4 Å². The Kier molecular flexibility index (Phi) is 9.09. The van der Waals surface area contributed by atoms with Gasteiger partial charge in [0.15, 0.2) is 0 Å². The molecule has 0 amide bonds. The fraction of sp³-hybridized carbons (Fsp3) is 0.885. The van der Waals surface area contributed by atoms with Gasteiger partial charge >= 0.3 is 35.9 Å². The molecule has 4 bridgehead atoms. The topological polar surface area (TPSA) is 78.9 Å². The molecule has 17 heteroatoms. The number of ether oxygens (including phenoxy) is 3. The fourth-order valence-electron chi connectivity index (χ4n) is 6.67. The lowest BCUT2D eigenvalue weighted by Crippen LogP contribution is -2.64. The summed E-state index contributed by atoms with van der Waals surface area (Å²) in [5, 5.41) is 0. The van der Waals surface area contributed by atoms with Crippen LogP contribution in [0.2, 0.25) is 0 Å².